The fourth-order valence-corrected chi connectivity index (χ4v) is 4.37. The van der Waals surface area contributed by atoms with Gasteiger partial charge in [-0.05, 0) is 11.6 Å². The molecule has 0 bridgehead atoms. The van der Waals surface area contributed by atoms with Gasteiger partial charge in [0.25, 0.3) is 0 Å². The minimum Gasteiger partial charge on any atom is -0.396 e. The molecule has 23 heavy (non-hydrogen) atoms. The topological polar surface area (TPSA) is 35.5 Å². The van der Waals surface area contributed by atoms with E-state index in [-0.39, 0.29) is 22.8 Å². The van der Waals surface area contributed by atoms with Gasteiger partial charge in [0, 0.05) is 53.9 Å². The average Bonchev–Trinajstić information content (AvgIpc) is 2.49. The predicted octanol–water partition coefficient (Wildman–Crippen LogP) is 3.54. The highest BCUT2D eigenvalue weighted by Crippen LogP contribution is 2.44. The highest BCUT2D eigenvalue weighted by Gasteiger charge is 2.37. The molecule has 0 spiro atoms. The van der Waals surface area contributed by atoms with Crippen LogP contribution in [-0.2, 0) is 0 Å². The lowest BCUT2D eigenvalue weighted by Crippen LogP contribution is -2.49. The first kappa shape index (κ1) is 18.8. The highest BCUT2D eigenvalue weighted by molar-refractivity contribution is 8.00. The second-order valence-electron chi connectivity index (χ2n) is 8.09. The molecule has 1 aromatic rings. The lowest BCUT2D eigenvalue weighted by Gasteiger charge is -2.44. The third-order valence-electron chi connectivity index (χ3n) is 4.29. The lowest BCUT2D eigenvalue weighted by molar-refractivity contribution is 0.0291. The van der Waals surface area contributed by atoms with Crippen molar-refractivity contribution in [1.29, 1.82) is 0 Å². The number of thioether (sulfide) groups is 1. The van der Waals surface area contributed by atoms with E-state index in [1.54, 1.807) is 0 Å². The second-order valence-corrected chi connectivity index (χ2v) is 9.96. The van der Waals surface area contributed by atoms with E-state index < -0.39 is 0 Å². The van der Waals surface area contributed by atoms with Crippen molar-refractivity contribution >= 4 is 11.8 Å². The number of aliphatic hydroxyl groups is 1. The maximum absolute atomic E-state index is 10.0. The molecular weight excluding hydrogens is 304 g/mol. The molecule has 0 aromatic heterocycles. The van der Waals surface area contributed by atoms with Gasteiger partial charge in [0.05, 0.1) is 0 Å². The van der Waals surface area contributed by atoms with E-state index in [1.165, 1.54) is 10.5 Å². The summed E-state index contributed by atoms with van der Waals surface area (Å²) in [4.78, 5) is 3.87. The van der Waals surface area contributed by atoms with Crippen molar-refractivity contribution in [2.45, 2.75) is 50.3 Å². The number of aliphatic hydroxyl groups excluding tert-OH is 1. The van der Waals surface area contributed by atoms with Crippen molar-refractivity contribution in [3.05, 3.63) is 29.8 Å². The van der Waals surface area contributed by atoms with E-state index in [0.29, 0.717) is 0 Å². The molecule has 4 heteroatoms. The number of hydrogen-bond acceptors (Lipinski definition) is 4. The molecule has 3 nitrogen and oxygen atoms in total. The van der Waals surface area contributed by atoms with E-state index in [1.807, 2.05) is 11.8 Å². The molecule has 1 aliphatic rings. The van der Waals surface area contributed by atoms with Gasteiger partial charge in [-0.2, -0.15) is 0 Å². The molecule has 1 heterocycles. The van der Waals surface area contributed by atoms with Crippen LogP contribution in [0.4, 0.5) is 0 Å². The van der Waals surface area contributed by atoms with Crippen LogP contribution in [0.2, 0.25) is 0 Å². The van der Waals surface area contributed by atoms with Gasteiger partial charge in [0.15, 0.2) is 0 Å². The lowest BCUT2D eigenvalue weighted by atomic mass is 9.79. The maximum atomic E-state index is 10.0. The zero-order chi connectivity index (χ0) is 17.1. The molecule has 0 radical (unpaired) electrons. The van der Waals surface area contributed by atoms with Gasteiger partial charge in [-0.25, -0.2) is 0 Å². The molecule has 1 aliphatic heterocycles. The molecule has 0 aliphatic carbocycles. The normalized spacial score (nSPS) is 18.9. The number of nitrogens with one attached hydrogen (secondary N) is 1. The van der Waals surface area contributed by atoms with Gasteiger partial charge < -0.3 is 10.4 Å². The number of nitrogens with zero attached hydrogens (tertiary/aromatic N) is 1. The zero-order valence-corrected chi connectivity index (χ0v) is 16.0. The van der Waals surface area contributed by atoms with Crippen LogP contribution in [0.1, 0.15) is 46.2 Å². The fourth-order valence-electron chi connectivity index (χ4n) is 3.27. The van der Waals surface area contributed by atoms with Crippen LogP contribution < -0.4 is 5.32 Å². The molecule has 1 fully saturated rings. The first-order valence-electron chi connectivity index (χ1n) is 8.58. The third-order valence-corrected chi connectivity index (χ3v) is 5.50. The van der Waals surface area contributed by atoms with Crippen LogP contribution in [0.15, 0.2) is 29.2 Å². The van der Waals surface area contributed by atoms with Crippen molar-refractivity contribution in [3.8, 4) is 0 Å². The standard InChI is InChI=1S/C19H32N2OS/c1-18(2,3)23-16-9-7-6-8-15(16)17(19(4,5)14-22)21-12-10-20-11-13-21/h6-9,17,20,22H,10-14H2,1-5H3/t17-/m0/s1. The number of piperazine rings is 1. The van der Waals surface area contributed by atoms with Crippen molar-refractivity contribution in [3.63, 3.8) is 0 Å². The SMILES string of the molecule is CC(C)(C)Sc1ccccc1[C@H](N1CCNCC1)C(C)(C)CO. The van der Waals surface area contributed by atoms with Crippen molar-refractivity contribution < 1.29 is 5.11 Å². The molecule has 0 unspecified atom stereocenters. The molecule has 1 aromatic carbocycles. The Hall–Kier alpha value is -0.550. The van der Waals surface area contributed by atoms with E-state index >= 15 is 0 Å². The summed E-state index contributed by atoms with van der Waals surface area (Å²) < 4.78 is 0.174. The molecule has 130 valence electrons. The highest BCUT2D eigenvalue weighted by atomic mass is 32.2. The molecule has 2 N–H and O–H groups in total. The fraction of sp³-hybridized carbons (Fsp3) is 0.684. The Morgan fingerprint density at radius 3 is 2.30 bits per heavy atom. The molecule has 1 atom stereocenters. The van der Waals surface area contributed by atoms with Crippen LogP contribution >= 0.6 is 11.8 Å². The molecule has 0 amide bonds. The zero-order valence-electron chi connectivity index (χ0n) is 15.2. The Morgan fingerprint density at radius 2 is 1.74 bits per heavy atom. The van der Waals surface area contributed by atoms with Crippen LogP contribution in [-0.4, -0.2) is 47.5 Å². The van der Waals surface area contributed by atoms with Gasteiger partial charge in [0.1, 0.15) is 0 Å². The minimum atomic E-state index is -0.175. The van der Waals surface area contributed by atoms with Gasteiger partial charge in [-0.15, -0.1) is 11.8 Å². The third kappa shape index (κ3) is 4.96. The Morgan fingerprint density at radius 1 is 1.13 bits per heavy atom. The van der Waals surface area contributed by atoms with Crippen LogP contribution in [0.5, 0.6) is 0 Å². The first-order valence-corrected chi connectivity index (χ1v) is 9.40. The first-order chi connectivity index (χ1) is 10.7. The summed E-state index contributed by atoms with van der Waals surface area (Å²) in [7, 11) is 0. The second kappa shape index (κ2) is 7.56. The van der Waals surface area contributed by atoms with Crippen LogP contribution in [0.25, 0.3) is 0 Å². The Bertz CT molecular complexity index is 504. The number of benzene rings is 1. The quantitative estimate of drug-likeness (QED) is 0.806. The Balaban J connectivity index is 2.43. The number of rotatable bonds is 5. The van der Waals surface area contributed by atoms with E-state index in [4.69, 9.17) is 0 Å². The molecular formula is C19H32N2OS. The van der Waals surface area contributed by atoms with E-state index in [2.05, 4.69) is 69.1 Å². The van der Waals surface area contributed by atoms with Crippen LogP contribution in [0.3, 0.4) is 0 Å². The maximum Gasteiger partial charge on any atom is 0.0500 e. The summed E-state index contributed by atoms with van der Waals surface area (Å²) in [6.07, 6.45) is 0. The van der Waals surface area contributed by atoms with Gasteiger partial charge >= 0.3 is 0 Å². The number of hydrogen-bond donors (Lipinski definition) is 2. The smallest absolute Gasteiger partial charge is 0.0500 e. The summed E-state index contributed by atoms with van der Waals surface area (Å²) in [5, 5.41) is 13.5. The van der Waals surface area contributed by atoms with E-state index in [0.717, 1.165) is 26.2 Å². The van der Waals surface area contributed by atoms with Crippen LogP contribution in [0, 0.1) is 5.41 Å². The summed E-state index contributed by atoms with van der Waals surface area (Å²) in [6, 6.07) is 8.97. The monoisotopic (exact) mass is 336 g/mol. The van der Waals surface area contributed by atoms with Crippen molar-refractivity contribution in [2.24, 2.45) is 5.41 Å². The minimum absolute atomic E-state index is 0.174. The summed E-state index contributed by atoms with van der Waals surface area (Å²) in [6.45, 7) is 15.4. The van der Waals surface area contributed by atoms with Crippen molar-refractivity contribution in [2.75, 3.05) is 32.8 Å². The van der Waals surface area contributed by atoms with E-state index in [9.17, 15) is 5.11 Å². The van der Waals surface area contributed by atoms with Gasteiger partial charge in [0.2, 0.25) is 0 Å². The Labute approximate surface area is 145 Å². The Kier molecular flexibility index (Phi) is 6.17. The molecule has 0 saturated carbocycles. The summed E-state index contributed by atoms with van der Waals surface area (Å²) in [5.74, 6) is 0. The average molecular weight is 337 g/mol. The summed E-state index contributed by atoms with van der Waals surface area (Å²) >= 11 is 1.92. The molecule has 1 saturated heterocycles. The van der Waals surface area contributed by atoms with Gasteiger partial charge in [-0.3, -0.25) is 4.90 Å². The van der Waals surface area contributed by atoms with Crippen molar-refractivity contribution in [1.82, 2.24) is 10.2 Å². The summed E-state index contributed by atoms with van der Waals surface area (Å²) in [5.41, 5.74) is 1.18. The largest absolute Gasteiger partial charge is 0.396 e. The predicted molar refractivity (Wildman–Crippen MR) is 100 cm³/mol. The molecule has 2 rings (SSSR count). The van der Waals surface area contributed by atoms with Gasteiger partial charge in [-0.1, -0.05) is 52.8 Å².